The van der Waals surface area contributed by atoms with E-state index in [-0.39, 0.29) is 14.8 Å². The zero-order chi connectivity index (χ0) is 26.2. The Morgan fingerprint density at radius 1 is 0.973 bits per heavy atom. The molecule has 37 heavy (non-hydrogen) atoms. The van der Waals surface area contributed by atoms with Gasteiger partial charge in [-0.05, 0) is 47.0 Å². The molecule has 0 aliphatic rings. The van der Waals surface area contributed by atoms with Crippen LogP contribution in [-0.4, -0.2) is 16.3 Å². The maximum Gasteiger partial charge on any atom is 0.422 e. The van der Waals surface area contributed by atoms with Crippen LogP contribution in [0.2, 0.25) is 0 Å². The molecule has 2 heterocycles. The highest BCUT2D eigenvalue weighted by molar-refractivity contribution is 8.01. The lowest BCUT2D eigenvalue weighted by Crippen LogP contribution is -2.43. The highest BCUT2D eigenvalue weighted by atomic mass is 32.2. The topological polar surface area (TPSA) is 63.3 Å². The van der Waals surface area contributed by atoms with Crippen LogP contribution in [0.25, 0.3) is 22.1 Å². The fraction of sp³-hybridized carbons (Fsp3) is 0.111. The van der Waals surface area contributed by atoms with Gasteiger partial charge < -0.3 is 9.52 Å². The lowest BCUT2D eigenvalue weighted by molar-refractivity contribution is -0.265. The Kier molecular flexibility index (Phi) is 6.65. The summed E-state index contributed by atoms with van der Waals surface area (Å²) in [7, 11) is 0. The fourth-order valence-corrected chi connectivity index (χ4v) is 5.98. The van der Waals surface area contributed by atoms with E-state index in [0.29, 0.717) is 27.0 Å². The SMILES string of the molecule is O=c1cc(-c2ccc(F)cc2)c2ccc(Sc3ncc(C(O)(Cc4ccccc4)C(F)(F)F)s3)cc2o1. The average molecular weight is 544 g/mol. The molecule has 0 radical (unpaired) electrons. The Balaban J connectivity index is 1.46. The second-order valence-corrected chi connectivity index (χ2v) is 10.6. The van der Waals surface area contributed by atoms with Gasteiger partial charge in [-0.3, -0.25) is 0 Å². The number of aliphatic hydroxyl groups is 1. The Hall–Kier alpha value is -3.47. The van der Waals surface area contributed by atoms with Gasteiger partial charge in [0.15, 0.2) is 4.34 Å². The Bertz CT molecular complexity index is 1620. The van der Waals surface area contributed by atoms with Crippen LogP contribution in [0.5, 0.6) is 0 Å². The van der Waals surface area contributed by atoms with Crippen molar-refractivity contribution in [2.75, 3.05) is 0 Å². The highest BCUT2D eigenvalue weighted by Crippen LogP contribution is 2.45. The van der Waals surface area contributed by atoms with Crippen LogP contribution in [0.3, 0.4) is 0 Å². The minimum atomic E-state index is -4.92. The van der Waals surface area contributed by atoms with Crippen molar-refractivity contribution >= 4 is 34.1 Å². The van der Waals surface area contributed by atoms with Crippen LogP contribution in [0.1, 0.15) is 10.4 Å². The van der Waals surface area contributed by atoms with Gasteiger partial charge in [-0.25, -0.2) is 14.2 Å². The largest absolute Gasteiger partial charge is 0.423 e. The second kappa shape index (κ2) is 9.77. The smallest absolute Gasteiger partial charge is 0.422 e. The van der Waals surface area contributed by atoms with E-state index in [9.17, 15) is 27.5 Å². The van der Waals surface area contributed by atoms with E-state index in [1.165, 1.54) is 30.3 Å². The zero-order valence-corrected chi connectivity index (χ0v) is 20.5. The lowest BCUT2D eigenvalue weighted by atomic mass is 9.92. The number of halogens is 4. The first-order chi connectivity index (χ1) is 17.6. The van der Waals surface area contributed by atoms with Crippen molar-refractivity contribution in [3.05, 3.63) is 112 Å². The van der Waals surface area contributed by atoms with Gasteiger partial charge in [-0.1, -0.05) is 54.2 Å². The molecule has 3 aromatic carbocycles. The third kappa shape index (κ3) is 5.18. The quantitative estimate of drug-likeness (QED) is 0.181. The van der Waals surface area contributed by atoms with Crippen LogP contribution in [-0.2, 0) is 12.0 Å². The van der Waals surface area contributed by atoms with E-state index in [2.05, 4.69) is 4.98 Å². The van der Waals surface area contributed by atoms with Crippen LogP contribution in [0.4, 0.5) is 17.6 Å². The molecule has 0 aliphatic heterocycles. The molecule has 0 amide bonds. The van der Waals surface area contributed by atoms with Crippen molar-refractivity contribution in [1.29, 1.82) is 0 Å². The number of aromatic nitrogens is 1. The molecule has 1 N–H and O–H groups in total. The number of nitrogens with zero attached hydrogens (tertiary/aromatic N) is 1. The molecule has 0 bridgehead atoms. The third-order valence-corrected chi connectivity index (χ3v) is 7.95. The van der Waals surface area contributed by atoms with Crippen molar-refractivity contribution in [1.82, 2.24) is 4.98 Å². The molecular weight excluding hydrogens is 526 g/mol. The van der Waals surface area contributed by atoms with Gasteiger partial charge in [0.25, 0.3) is 0 Å². The van der Waals surface area contributed by atoms with Gasteiger partial charge in [0.2, 0.25) is 5.60 Å². The Labute approximate surface area is 216 Å². The molecule has 1 unspecified atom stereocenters. The van der Waals surface area contributed by atoms with E-state index in [1.54, 1.807) is 48.5 Å². The van der Waals surface area contributed by atoms with Gasteiger partial charge in [-0.15, -0.1) is 11.3 Å². The summed E-state index contributed by atoms with van der Waals surface area (Å²) in [5.41, 5.74) is -1.88. The van der Waals surface area contributed by atoms with Crippen LogP contribution in [0, 0.1) is 5.82 Å². The summed E-state index contributed by atoms with van der Waals surface area (Å²) in [4.78, 5) is 16.5. The molecule has 1 atom stereocenters. The standard InChI is InChI=1S/C27H17F4NO3S2/c28-18-8-6-17(7-9-18)21-13-24(33)35-22-12-19(10-11-20(21)22)36-25-32-15-23(37-25)26(34,27(29,30)31)14-16-4-2-1-3-5-16/h1-13,15,34H,14H2. The maximum absolute atomic E-state index is 14.0. The highest BCUT2D eigenvalue weighted by Gasteiger charge is 2.56. The molecule has 0 aliphatic carbocycles. The van der Waals surface area contributed by atoms with Crippen molar-refractivity contribution in [3.8, 4) is 11.1 Å². The van der Waals surface area contributed by atoms with E-state index >= 15 is 0 Å². The molecule has 0 fully saturated rings. The molecule has 0 spiro atoms. The number of hydrogen-bond acceptors (Lipinski definition) is 6. The van der Waals surface area contributed by atoms with Gasteiger partial charge in [0.1, 0.15) is 11.4 Å². The summed E-state index contributed by atoms with van der Waals surface area (Å²) < 4.78 is 60.9. The average Bonchev–Trinajstić information content (AvgIpc) is 3.33. The fourth-order valence-electron chi connectivity index (χ4n) is 3.89. The molecule has 0 saturated heterocycles. The molecule has 188 valence electrons. The molecular formula is C27H17F4NO3S2. The number of thiazole rings is 1. The monoisotopic (exact) mass is 543 g/mol. The van der Waals surface area contributed by atoms with Gasteiger partial charge in [0, 0.05) is 29.0 Å². The number of fused-ring (bicyclic) bond motifs is 1. The minimum Gasteiger partial charge on any atom is -0.423 e. The second-order valence-electron chi connectivity index (χ2n) is 8.26. The summed E-state index contributed by atoms with van der Waals surface area (Å²) in [6.45, 7) is 0. The first kappa shape index (κ1) is 25.2. The predicted molar refractivity (Wildman–Crippen MR) is 134 cm³/mol. The van der Waals surface area contributed by atoms with Gasteiger partial charge in [-0.2, -0.15) is 13.2 Å². The molecule has 5 aromatic rings. The molecule has 10 heteroatoms. The van der Waals surface area contributed by atoms with Crippen molar-refractivity contribution in [2.45, 2.75) is 27.4 Å². The number of benzene rings is 3. The third-order valence-electron chi connectivity index (χ3n) is 5.74. The summed E-state index contributed by atoms with van der Waals surface area (Å²) >= 11 is 1.83. The zero-order valence-electron chi connectivity index (χ0n) is 18.8. The van der Waals surface area contributed by atoms with Crippen LogP contribution in [0.15, 0.2) is 104 Å². The van der Waals surface area contributed by atoms with E-state index < -0.39 is 29.6 Å². The Morgan fingerprint density at radius 2 is 1.70 bits per heavy atom. The maximum atomic E-state index is 14.0. The summed E-state index contributed by atoms with van der Waals surface area (Å²) in [5.74, 6) is -0.404. The molecule has 5 rings (SSSR count). The van der Waals surface area contributed by atoms with Gasteiger partial charge in [0.05, 0.1) is 4.88 Å². The van der Waals surface area contributed by atoms with Gasteiger partial charge >= 0.3 is 11.8 Å². The van der Waals surface area contributed by atoms with Crippen molar-refractivity contribution < 1.29 is 27.1 Å². The van der Waals surface area contributed by atoms with E-state index in [0.717, 1.165) is 29.3 Å². The number of alkyl halides is 3. The minimum absolute atomic E-state index is 0.268. The summed E-state index contributed by atoms with van der Waals surface area (Å²) in [6, 6.07) is 20.0. The summed E-state index contributed by atoms with van der Waals surface area (Å²) in [6.07, 6.45) is -4.52. The molecule has 2 aromatic heterocycles. The van der Waals surface area contributed by atoms with Crippen LogP contribution >= 0.6 is 23.1 Å². The molecule has 4 nitrogen and oxygen atoms in total. The van der Waals surface area contributed by atoms with Crippen molar-refractivity contribution in [2.24, 2.45) is 0 Å². The first-order valence-electron chi connectivity index (χ1n) is 10.9. The Morgan fingerprint density at radius 3 is 2.41 bits per heavy atom. The van der Waals surface area contributed by atoms with Crippen LogP contribution < -0.4 is 5.63 Å². The predicted octanol–water partition coefficient (Wildman–Crippen LogP) is 7.20. The number of rotatable bonds is 6. The molecule has 0 saturated carbocycles. The number of hydrogen-bond donors (Lipinski definition) is 1. The normalized spacial score (nSPS) is 13.5. The first-order valence-corrected chi connectivity index (χ1v) is 12.6. The van der Waals surface area contributed by atoms with E-state index in [4.69, 9.17) is 4.42 Å². The van der Waals surface area contributed by atoms with Crippen molar-refractivity contribution in [3.63, 3.8) is 0 Å². The lowest BCUT2D eigenvalue weighted by Gasteiger charge is -2.29. The summed E-state index contributed by atoms with van der Waals surface area (Å²) in [5, 5.41) is 11.4. The van der Waals surface area contributed by atoms with E-state index in [1.807, 2.05) is 0 Å².